The number of carbonyl (C=O) groups is 1. The van der Waals surface area contributed by atoms with Crippen LogP contribution in [0.4, 0.5) is 11.8 Å². The van der Waals surface area contributed by atoms with E-state index in [1.165, 1.54) is 6.26 Å². The van der Waals surface area contributed by atoms with E-state index in [9.17, 15) is 14.9 Å². The molecule has 0 aromatic carbocycles. The number of carbonyl (C=O) groups excluding carboxylic acids is 1. The molecule has 0 aliphatic carbocycles. The Labute approximate surface area is 156 Å². The summed E-state index contributed by atoms with van der Waals surface area (Å²) in [6.07, 6.45) is 2.59. The van der Waals surface area contributed by atoms with Gasteiger partial charge in [-0.1, -0.05) is 13.8 Å². The number of piperidine rings is 1. The number of fused-ring (bicyclic) bond motifs is 1. The van der Waals surface area contributed by atoms with E-state index in [1.54, 1.807) is 12.1 Å². The van der Waals surface area contributed by atoms with E-state index in [2.05, 4.69) is 29.1 Å². The fourth-order valence-corrected chi connectivity index (χ4v) is 4.26. The van der Waals surface area contributed by atoms with Crippen molar-refractivity contribution in [2.45, 2.75) is 26.2 Å². The minimum Gasteiger partial charge on any atom is -0.469 e. The Morgan fingerprint density at radius 3 is 2.67 bits per heavy atom. The Kier molecular flexibility index (Phi) is 4.22. The average Bonchev–Trinajstić information content (AvgIpc) is 3.13. The first-order valence-corrected chi connectivity index (χ1v) is 9.11. The Balaban J connectivity index is 1.80. The second kappa shape index (κ2) is 6.58. The van der Waals surface area contributed by atoms with Crippen LogP contribution < -0.4 is 15.8 Å². The highest BCUT2D eigenvalue weighted by Gasteiger charge is 2.42. The highest BCUT2D eigenvalue weighted by Crippen LogP contribution is 2.38. The van der Waals surface area contributed by atoms with Gasteiger partial charge in [0.05, 0.1) is 23.8 Å². The summed E-state index contributed by atoms with van der Waals surface area (Å²) in [6, 6.07) is 5.32. The van der Waals surface area contributed by atoms with Gasteiger partial charge in [-0.15, -0.1) is 0 Å². The largest absolute Gasteiger partial charge is 0.469 e. The molecule has 0 spiro atoms. The molecule has 8 heteroatoms. The lowest BCUT2D eigenvalue weighted by atomic mass is 9.82. The molecule has 2 N–H and O–H groups in total. The zero-order valence-corrected chi connectivity index (χ0v) is 15.2. The Morgan fingerprint density at radius 1 is 1.30 bits per heavy atom. The molecular formula is C19H21N5O3. The summed E-state index contributed by atoms with van der Waals surface area (Å²) >= 11 is 0. The number of nitrogens with zero attached hydrogens (tertiary/aromatic N) is 3. The third kappa shape index (κ3) is 2.99. The van der Waals surface area contributed by atoms with Crippen LogP contribution in [0.15, 0.2) is 27.6 Å². The normalized spacial score (nSPS) is 27.6. The lowest BCUT2D eigenvalue weighted by molar-refractivity contribution is -0.119. The molecule has 27 heavy (non-hydrogen) atoms. The summed E-state index contributed by atoms with van der Waals surface area (Å²) in [5.41, 5.74) is -0.0968. The number of rotatable bonds is 2. The lowest BCUT2D eigenvalue weighted by Crippen LogP contribution is -2.42. The summed E-state index contributed by atoms with van der Waals surface area (Å²) < 4.78 is 5.42. The fraction of sp³-hybridized carbons (Fsp3) is 0.474. The van der Waals surface area contributed by atoms with Gasteiger partial charge in [-0.25, -0.2) is 0 Å². The number of hydrogen-bond acceptors (Lipinski definition) is 6. The number of amides is 1. The SMILES string of the molecule is CC1CC(C)CN(c2nc3c(c(=O)[nH]2)C(c2ccco2)C(C#N)C(=O)N3)C1. The van der Waals surface area contributed by atoms with Crippen molar-refractivity contribution in [1.82, 2.24) is 9.97 Å². The predicted molar refractivity (Wildman–Crippen MR) is 98.3 cm³/mol. The number of aromatic amines is 1. The van der Waals surface area contributed by atoms with Crippen molar-refractivity contribution in [3.05, 3.63) is 40.1 Å². The fourth-order valence-electron chi connectivity index (χ4n) is 4.26. The van der Waals surface area contributed by atoms with Crippen LogP contribution in [0.1, 0.15) is 37.5 Å². The highest BCUT2D eigenvalue weighted by molar-refractivity contribution is 5.97. The number of H-pyrrole nitrogens is 1. The molecule has 4 atom stereocenters. The zero-order valence-electron chi connectivity index (χ0n) is 15.2. The highest BCUT2D eigenvalue weighted by atomic mass is 16.3. The quantitative estimate of drug-likeness (QED) is 0.840. The summed E-state index contributed by atoms with van der Waals surface area (Å²) in [7, 11) is 0. The zero-order chi connectivity index (χ0) is 19.1. The number of nitrogens with one attached hydrogen (secondary N) is 2. The minimum absolute atomic E-state index is 0.206. The summed E-state index contributed by atoms with van der Waals surface area (Å²) in [6.45, 7) is 5.93. The van der Waals surface area contributed by atoms with Gasteiger partial charge in [-0.3, -0.25) is 14.6 Å². The molecule has 1 amide bonds. The molecule has 1 saturated heterocycles. The number of nitriles is 1. The molecule has 0 radical (unpaired) electrons. The Hall–Kier alpha value is -3.08. The van der Waals surface area contributed by atoms with Gasteiger partial charge in [0.25, 0.3) is 5.56 Å². The van der Waals surface area contributed by atoms with Crippen LogP contribution in [-0.2, 0) is 4.79 Å². The number of anilines is 2. The van der Waals surface area contributed by atoms with E-state index in [0.29, 0.717) is 23.5 Å². The van der Waals surface area contributed by atoms with Crippen molar-refractivity contribution in [2.75, 3.05) is 23.3 Å². The minimum atomic E-state index is -1.05. The smallest absolute Gasteiger partial charge is 0.258 e. The second-order valence-corrected chi connectivity index (χ2v) is 7.59. The van der Waals surface area contributed by atoms with Gasteiger partial charge >= 0.3 is 0 Å². The van der Waals surface area contributed by atoms with E-state index in [-0.39, 0.29) is 16.9 Å². The van der Waals surface area contributed by atoms with Gasteiger partial charge in [0, 0.05) is 13.1 Å². The van der Waals surface area contributed by atoms with Gasteiger partial charge in [-0.05, 0) is 30.4 Å². The molecule has 0 saturated carbocycles. The van der Waals surface area contributed by atoms with E-state index in [0.717, 1.165) is 19.5 Å². The van der Waals surface area contributed by atoms with Crippen LogP contribution in [0.25, 0.3) is 0 Å². The third-order valence-electron chi connectivity index (χ3n) is 5.27. The molecule has 140 valence electrons. The van der Waals surface area contributed by atoms with E-state index in [1.807, 2.05) is 11.0 Å². The van der Waals surface area contributed by atoms with Gasteiger partial charge in [-0.2, -0.15) is 10.2 Å². The van der Waals surface area contributed by atoms with Crippen LogP contribution >= 0.6 is 0 Å². The van der Waals surface area contributed by atoms with Crippen LogP contribution in [0, 0.1) is 29.1 Å². The van der Waals surface area contributed by atoms with E-state index >= 15 is 0 Å². The molecule has 8 nitrogen and oxygen atoms in total. The van der Waals surface area contributed by atoms with Crippen LogP contribution in [-0.4, -0.2) is 29.0 Å². The average molecular weight is 367 g/mol. The van der Waals surface area contributed by atoms with Crippen LogP contribution in [0.3, 0.4) is 0 Å². The van der Waals surface area contributed by atoms with Crippen molar-refractivity contribution in [2.24, 2.45) is 17.8 Å². The maximum Gasteiger partial charge on any atom is 0.258 e. The molecule has 4 rings (SSSR count). The summed E-state index contributed by atoms with van der Waals surface area (Å²) in [5.74, 6) is -0.268. The number of hydrogen-bond donors (Lipinski definition) is 2. The Morgan fingerprint density at radius 2 is 2.04 bits per heavy atom. The molecule has 1 fully saturated rings. The van der Waals surface area contributed by atoms with Crippen molar-refractivity contribution in [3.8, 4) is 6.07 Å². The van der Waals surface area contributed by atoms with Crippen molar-refractivity contribution in [1.29, 1.82) is 5.26 Å². The first-order chi connectivity index (χ1) is 13.0. The number of furan rings is 1. The van der Waals surface area contributed by atoms with Crippen molar-refractivity contribution >= 4 is 17.7 Å². The molecular weight excluding hydrogens is 346 g/mol. The molecule has 2 aliphatic rings. The van der Waals surface area contributed by atoms with Crippen molar-refractivity contribution < 1.29 is 9.21 Å². The van der Waals surface area contributed by atoms with Gasteiger partial charge in [0.1, 0.15) is 17.5 Å². The predicted octanol–water partition coefficient (Wildman–Crippen LogP) is 2.07. The first kappa shape index (κ1) is 17.3. The molecule has 0 bridgehead atoms. The molecule has 2 aromatic heterocycles. The molecule has 2 aliphatic heterocycles. The topological polar surface area (TPSA) is 115 Å². The van der Waals surface area contributed by atoms with Gasteiger partial charge in [0.15, 0.2) is 0 Å². The van der Waals surface area contributed by atoms with Gasteiger partial charge < -0.3 is 14.6 Å². The summed E-state index contributed by atoms with van der Waals surface area (Å²) in [5, 5.41) is 12.1. The van der Waals surface area contributed by atoms with E-state index < -0.39 is 17.7 Å². The van der Waals surface area contributed by atoms with Crippen LogP contribution in [0.5, 0.6) is 0 Å². The van der Waals surface area contributed by atoms with Gasteiger partial charge in [0.2, 0.25) is 11.9 Å². The lowest BCUT2D eigenvalue weighted by Gasteiger charge is -2.36. The second-order valence-electron chi connectivity index (χ2n) is 7.59. The third-order valence-corrected chi connectivity index (χ3v) is 5.27. The standard InChI is InChI=1S/C19H21N5O3/c1-10-6-11(2)9-24(8-10)19-22-16-15(18(26)23-19)14(13-4-3-5-27-13)12(7-20)17(25)21-16/h3-5,10-12,14H,6,8-9H2,1-2H3,(H2,21,22,23,25,26). The molecule has 4 heterocycles. The maximum atomic E-state index is 12.9. The summed E-state index contributed by atoms with van der Waals surface area (Å²) in [4.78, 5) is 34.8. The van der Waals surface area contributed by atoms with Crippen LogP contribution in [0.2, 0.25) is 0 Å². The van der Waals surface area contributed by atoms with Crippen molar-refractivity contribution in [3.63, 3.8) is 0 Å². The first-order valence-electron chi connectivity index (χ1n) is 9.11. The number of aromatic nitrogens is 2. The Bertz CT molecular complexity index is 949. The maximum absolute atomic E-state index is 12.9. The molecule has 4 unspecified atom stereocenters. The molecule has 2 aromatic rings. The van der Waals surface area contributed by atoms with E-state index in [4.69, 9.17) is 4.42 Å². The monoisotopic (exact) mass is 367 g/mol.